The molecule has 0 aromatic carbocycles. The van der Waals surface area contributed by atoms with E-state index in [9.17, 15) is 9.59 Å². The molecule has 5 nitrogen and oxygen atoms in total. The Morgan fingerprint density at radius 3 is 1.12 bits per heavy atom. The van der Waals surface area contributed by atoms with Crippen LogP contribution in [0.1, 0.15) is 278 Å². The number of allylic oxidation sites excluding steroid dienone is 12. The first kappa shape index (κ1) is 63.3. The molecule has 0 spiro atoms. The van der Waals surface area contributed by atoms with E-state index in [0.717, 1.165) is 89.9 Å². The lowest BCUT2D eigenvalue weighted by Crippen LogP contribution is -2.30. The molecule has 0 aromatic rings. The first-order chi connectivity index (χ1) is 32.6. The normalized spacial score (nSPS) is 12.7. The molecule has 0 bridgehead atoms. The number of esters is 2. The molecule has 0 saturated carbocycles. The summed E-state index contributed by atoms with van der Waals surface area (Å²) in [7, 11) is 0. The highest BCUT2D eigenvalue weighted by Gasteiger charge is 2.17. The highest BCUT2D eigenvalue weighted by molar-refractivity contribution is 5.70. The molecule has 0 aliphatic rings. The van der Waals surface area contributed by atoms with Gasteiger partial charge in [0.05, 0.1) is 6.61 Å². The summed E-state index contributed by atoms with van der Waals surface area (Å²) in [6.07, 6.45) is 73.6. The van der Waals surface area contributed by atoms with Crippen LogP contribution in [0.3, 0.4) is 0 Å². The second kappa shape index (κ2) is 56.7. The van der Waals surface area contributed by atoms with Gasteiger partial charge in [0.15, 0.2) is 6.10 Å². The second-order valence-corrected chi connectivity index (χ2v) is 18.8. The van der Waals surface area contributed by atoms with Gasteiger partial charge in [-0.25, -0.2) is 0 Å². The van der Waals surface area contributed by atoms with E-state index in [0.29, 0.717) is 19.4 Å². The van der Waals surface area contributed by atoms with E-state index in [1.165, 1.54) is 154 Å². The van der Waals surface area contributed by atoms with Crippen LogP contribution >= 0.6 is 0 Å². The van der Waals surface area contributed by atoms with Crippen LogP contribution < -0.4 is 0 Å². The quantitative estimate of drug-likeness (QED) is 0.0346. The summed E-state index contributed by atoms with van der Waals surface area (Å²) in [5.41, 5.74) is 0. The summed E-state index contributed by atoms with van der Waals surface area (Å²) >= 11 is 0. The summed E-state index contributed by atoms with van der Waals surface area (Å²) in [6.45, 7) is 7.63. The topological polar surface area (TPSA) is 61.8 Å². The minimum absolute atomic E-state index is 0.0653. The van der Waals surface area contributed by atoms with Crippen molar-refractivity contribution >= 4 is 11.9 Å². The Morgan fingerprint density at radius 1 is 0.348 bits per heavy atom. The van der Waals surface area contributed by atoms with Gasteiger partial charge in [0.1, 0.15) is 6.61 Å². The molecule has 5 heteroatoms. The Kier molecular flexibility index (Phi) is 54.4. The van der Waals surface area contributed by atoms with Crippen LogP contribution in [-0.4, -0.2) is 37.9 Å². The fourth-order valence-electron chi connectivity index (χ4n) is 8.00. The van der Waals surface area contributed by atoms with Gasteiger partial charge in [-0.3, -0.25) is 9.59 Å². The SMILES string of the molecule is CC/C=C\C/C=C\C/C=C\C/C=C\C/C=C\CCCCOCC(COC(=O)CCCCCCCCCCCCCCCCCCCCC)OC(=O)CCCCCCC/C=C\CCCCCC. The highest BCUT2D eigenvalue weighted by atomic mass is 16.6. The predicted octanol–water partition coefficient (Wildman–Crippen LogP) is 19.5. The van der Waals surface area contributed by atoms with Crippen molar-refractivity contribution in [2.24, 2.45) is 0 Å². The molecule has 1 atom stereocenters. The number of carbonyl (C=O) groups excluding carboxylic acids is 2. The van der Waals surface area contributed by atoms with Crippen LogP contribution in [0, 0.1) is 0 Å². The molecule has 0 aromatic heterocycles. The van der Waals surface area contributed by atoms with Gasteiger partial charge in [-0.05, 0) is 89.9 Å². The summed E-state index contributed by atoms with van der Waals surface area (Å²) in [6, 6.07) is 0. The van der Waals surface area contributed by atoms with Gasteiger partial charge in [0, 0.05) is 19.4 Å². The van der Waals surface area contributed by atoms with Crippen molar-refractivity contribution in [1.82, 2.24) is 0 Å². The van der Waals surface area contributed by atoms with E-state index in [-0.39, 0.29) is 25.2 Å². The van der Waals surface area contributed by atoms with E-state index in [1.807, 2.05) is 0 Å². The average molecular weight is 922 g/mol. The van der Waals surface area contributed by atoms with Crippen molar-refractivity contribution in [3.05, 3.63) is 72.9 Å². The maximum absolute atomic E-state index is 12.8. The maximum Gasteiger partial charge on any atom is 0.306 e. The molecule has 0 aliphatic heterocycles. The zero-order valence-corrected chi connectivity index (χ0v) is 44.0. The summed E-state index contributed by atoms with van der Waals surface area (Å²) in [5.74, 6) is -0.422. The number of unbranched alkanes of at least 4 members (excludes halogenated alkanes) is 29. The first-order valence-corrected chi connectivity index (χ1v) is 28.5. The second-order valence-electron chi connectivity index (χ2n) is 18.8. The lowest BCUT2D eigenvalue weighted by Gasteiger charge is -2.18. The van der Waals surface area contributed by atoms with Gasteiger partial charge >= 0.3 is 11.9 Å². The van der Waals surface area contributed by atoms with Gasteiger partial charge in [-0.15, -0.1) is 0 Å². The van der Waals surface area contributed by atoms with E-state index < -0.39 is 6.10 Å². The third-order valence-electron chi connectivity index (χ3n) is 12.2. The molecule has 382 valence electrons. The van der Waals surface area contributed by atoms with E-state index in [4.69, 9.17) is 14.2 Å². The Labute approximate surface area is 410 Å². The largest absolute Gasteiger partial charge is 0.462 e. The lowest BCUT2D eigenvalue weighted by atomic mass is 10.0. The molecule has 0 amide bonds. The molecule has 0 rings (SSSR count). The highest BCUT2D eigenvalue weighted by Crippen LogP contribution is 2.16. The molecule has 0 aliphatic carbocycles. The minimum atomic E-state index is -0.564. The molecule has 66 heavy (non-hydrogen) atoms. The molecule has 0 N–H and O–H groups in total. The van der Waals surface area contributed by atoms with Crippen LogP contribution in [0.2, 0.25) is 0 Å². The van der Waals surface area contributed by atoms with Crippen LogP contribution in [0.25, 0.3) is 0 Å². The number of rotatable bonds is 52. The number of ether oxygens (including phenoxy) is 3. The summed E-state index contributed by atoms with van der Waals surface area (Å²) in [5, 5.41) is 0. The van der Waals surface area contributed by atoms with Crippen LogP contribution in [0.15, 0.2) is 72.9 Å². The van der Waals surface area contributed by atoms with Crippen molar-refractivity contribution in [3.63, 3.8) is 0 Å². The molecule has 1 unspecified atom stereocenters. The van der Waals surface area contributed by atoms with E-state index in [2.05, 4.69) is 93.7 Å². The van der Waals surface area contributed by atoms with Gasteiger partial charge in [0.25, 0.3) is 0 Å². The van der Waals surface area contributed by atoms with Gasteiger partial charge in [-0.1, -0.05) is 248 Å². The third-order valence-corrected chi connectivity index (χ3v) is 12.2. The predicted molar refractivity (Wildman–Crippen MR) is 288 cm³/mol. The fourth-order valence-corrected chi connectivity index (χ4v) is 8.00. The molecule has 0 heterocycles. The summed E-state index contributed by atoms with van der Waals surface area (Å²) < 4.78 is 17.4. The summed E-state index contributed by atoms with van der Waals surface area (Å²) in [4.78, 5) is 25.5. The number of hydrogen-bond acceptors (Lipinski definition) is 5. The van der Waals surface area contributed by atoms with Gasteiger partial charge in [0.2, 0.25) is 0 Å². The third kappa shape index (κ3) is 54.0. The van der Waals surface area contributed by atoms with Crippen molar-refractivity contribution in [1.29, 1.82) is 0 Å². The molecular formula is C61H108O5. The minimum Gasteiger partial charge on any atom is -0.462 e. The number of hydrogen-bond donors (Lipinski definition) is 0. The van der Waals surface area contributed by atoms with E-state index >= 15 is 0 Å². The van der Waals surface area contributed by atoms with Crippen molar-refractivity contribution in [2.75, 3.05) is 19.8 Å². The van der Waals surface area contributed by atoms with Gasteiger partial charge < -0.3 is 14.2 Å². The Balaban J connectivity index is 4.30. The van der Waals surface area contributed by atoms with Crippen LogP contribution in [-0.2, 0) is 23.8 Å². The zero-order chi connectivity index (χ0) is 47.7. The molecule has 0 saturated heterocycles. The van der Waals surface area contributed by atoms with Gasteiger partial charge in [-0.2, -0.15) is 0 Å². The van der Waals surface area contributed by atoms with Crippen LogP contribution in [0.5, 0.6) is 0 Å². The Hall–Kier alpha value is -2.66. The maximum atomic E-state index is 12.8. The van der Waals surface area contributed by atoms with E-state index in [1.54, 1.807) is 0 Å². The lowest BCUT2D eigenvalue weighted by molar-refractivity contribution is -0.163. The van der Waals surface area contributed by atoms with Crippen molar-refractivity contribution < 1.29 is 23.8 Å². The smallest absolute Gasteiger partial charge is 0.306 e. The number of carbonyl (C=O) groups is 2. The average Bonchev–Trinajstić information content (AvgIpc) is 3.32. The fraction of sp³-hybridized carbons (Fsp3) is 0.770. The Bertz CT molecular complexity index is 1180. The Morgan fingerprint density at radius 2 is 0.682 bits per heavy atom. The van der Waals surface area contributed by atoms with Crippen molar-refractivity contribution in [3.8, 4) is 0 Å². The first-order valence-electron chi connectivity index (χ1n) is 28.5. The monoisotopic (exact) mass is 921 g/mol. The molecule has 0 radical (unpaired) electrons. The molecule has 0 fully saturated rings. The standard InChI is InChI=1S/C61H108O5/c1-4-7-10-13-16-19-22-25-27-29-31-32-34-37-39-42-45-48-51-54-60(62)65-58-59(66-61(63)55-52-49-46-43-40-36-24-21-18-15-12-9-6-3)57-64-56-53-50-47-44-41-38-35-33-30-28-26-23-20-17-14-11-8-5-2/h8,11,17,20-21,24,26,28,33,35,41,44,59H,4-7,9-10,12-16,18-19,22-23,25,27,29-32,34,36-40,42-43,45-58H2,1-3H3/b11-8-,20-17-,24-21-,28-26-,35-33-,44-41-. The van der Waals surface area contributed by atoms with Crippen LogP contribution in [0.4, 0.5) is 0 Å². The van der Waals surface area contributed by atoms with Crippen molar-refractivity contribution in [2.45, 2.75) is 284 Å². The zero-order valence-electron chi connectivity index (χ0n) is 44.0. The molecular weight excluding hydrogens is 813 g/mol.